The Balaban J connectivity index is 1.59. The second kappa shape index (κ2) is 9.45. The number of halogens is 1. The molecule has 3 rings (SSSR count). The SMILES string of the molecule is CCCCOc1ccc(-c2nnn(CC(=O)Nc3ccc(C)cc3Br)n2)cc1. The number of benzene rings is 2. The maximum Gasteiger partial charge on any atom is 0.248 e. The van der Waals surface area contributed by atoms with Gasteiger partial charge in [0.2, 0.25) is 11.7 Å². The Kier molecular flexibility index (Phi) is 6.76. The molecule has 0 aliphatic carbocycles. The van der Waals surface area contributed by atoms with Crippen LogP contribution in [0.2, 0.25) is 0 Å². The Hall–Kier alpha value is -2.74. The van der Waals surface area contributed by atoms with Gasteiger partial charge in [0, 0.05) is 10.0 Å². The maximum absolute atomic E-state index is 12.3. The van der Waals surface area contributed by atoms with Gasteiger partial charge in [-0.2, -0.15) is 4.80 Å². The van der Waals surface area contributed by atoms with Gasteiger partial charge in [0.1, 0.15) is 12.3 Å². The molecule has 0 saturated carbocycles. The summed E-state index contributed by atoms with van der Waals surface area (Å²) in [4.78, 5) is 13.5. The number of anilines is 1. The average molecular weight is 444 g/mol. The van der Waals surface area contributed by atoms with Gasteiger partial charge in [0.15, 0.2) is 0 Å². The first-order valence-corrected chi connectivity index (χ1v) is 9.91. The summed E-state index contributed by atoms with van der Waals surface area (Å²) in [5, 5.41) is 15.1. The van der Waals surface area contributed by atoms with E-state index in [1.165, 1.54) is 4.80 Å². The Bertz CT molecular complexity index is 940. The number of ether oxygens (including phenoxy) is 1. The standard InChI is InChI=1S/C20H22BrN5O2/c1-3-4-11-28-16-8-6-15(7-9-16)20-23-25-26(24-20)13-19(27)22-18-10-5-14(2)12-17(18)21/h5-10,12H,3-4,11,13H2,1-2H3,(H,22,27). The van der Waals surface area contributed by atoms with Crippen molar-refractivity contribution in [3.05, 3.63) is 52.5 Å². The van der Waals surface area contributed by atoms with E-state index in [-0.39, 0.29) is 12.5 Å². The van der Waals surface area contributed by atoms with Crippen molar-refractivity contribution >= 4 is 27.5 Å². The van der Waals surface area contributed by atoms with E-state index < -0.39 is 0 Å². The predicted molar refractivity (Wildman–Crippen MR) is 111 cm³/mol. The van der Waals surface area contributed by atoms with E-state index in [0.717, 1.165) is 34.2 Å². The molecule has 0 aliphatic rings. The summed E-state index contributed by atoms with van der Waals surface area (Å²) in [6.07, 6.45) is 2.12. The van der Waals surface area contributed by atoms with Gasteiger partial charge >= 0.3 is 0 Å². The first-order chi connectivity index (χ1) is 13.5. The third-order valence-corrected chi connectivity index (χ3v) is 4.67. The molecule has 8 heteroatoms. The van der Waals surface area contributed by atoms with E-state index in [1.54, 1.807) is 0 Å². The highest BCUT2D eigenvalue weighted by atomic mass is 79.9. The fourth-order valence-corrected chi connectivity index (χ4v) is 3.09. The van der Waals surface area contributed by atoms with Crippen molar-refractivity contribution in [3.8, 4) is 17.1 Å². The molecule has 1 aromatic heterocycles. The molecule has 1 heterocycles. The van der Waals surface area contributed by atoms with Crippen LogP contribution in [0.5, 0.6) is 5.75 Å². The number of unbranched alkanes of at least 4 members (excludes halogenated alkanes) is 1. The van der Waals surface area contributed by atoms with E-state index in [1.807, 2.05) is 49.4 Å². The third kappa shape index (κ3) is 5.39. The van der Waals surface area contributed by atoms with Crippen LogP contribution in [0.15, 0.2) is 46.9 Å². The van der Waals surface area contributed by atoms with Crippen molar-refractivity contribution < 1.29 is 9.53 Å². The number of amides is 1. The summed E-state index contributed by atoms with van der Waals surface area (Å²) in [6.45, 7) is 4.80. The van der Waals surface area contributed by atoms with Crippen molar-refractivity contribution in [2.45, 2.75) is 33.2 Å². The molecule has 0 aliphatic heterocycles. The monoisotopic (exact) mass is 443 g/mol. The lowest BCUT2D eigenvalue weighted by molar-refractivity contribution is -0.117. The molecule has 2 aromatic carbocycles. The highest BCUT2D eigenvalue weighted by molar-refractivity contribution is 9.10. The zero-order chi connectivity index (χ0) is 19.9. The van der Waals surface area contributed by atoms with Gasteiger partial charge in [0.25, 0.3) is 0 Å². The number of aryl methyl sites for hydroxylation is 1. The van der Waals surface area contributed by atoms with Gasteiger partial charge in [-0.05, 0) is 76.4 Å². The van der Waals surface area contributed by atoms with E-state index in [0.29, 0.717) is 18.1 Å². The molecule has 0 saturated heterocycles. The van der Waals surface area contributed by atoms with E-state index in [2.05, 4.69) is 43.6 Å². The molecule has 1 amide bonds. The minimum Gasteiger partial charge on any atom is -0.494 e. The summed E-state index contributed by atoms with van der Waals surface area (Å²) < 4.78 is 6.48. The number of hydrogen-bond acceptors (Lipinski definition) is 5. The molecule has 0 unspecified atom stereocenters. The number of nitrogens with zero attached hydrogens (tertiary/aromatic N) is 4. The number of carbonyl (C=O) groups excluding carboxylic acids is 1. The number of carbonyl (C=O) groups is 1. The van der Waals surface area contributed by atoms with Crippen LogP contribution in [0.25, 0.3) is 11.4 Å². The molecular weight excluding hydrogens is 422 g/mol. The molecular formula is C20H22BrN5O2. The second-order valence-electron chi connectivity index (χ2n) is 6.40. The first kappa shape index (κ1) is 20.0. The van der Waals surface area contributed by atoms with Crippen LogP contribution in [-0.2, 0) is 11.3 Å². The van der Waals surface area contributed by atoms with Gasteiger partial charge in [-0.1, -0.05) is 19.4 Å². The number of rotatable bonds is 8. The number of aromatic nitrogens is 4. The minimum atomic E-state index is -0.229. The Morgan fingerprint density at radius 1 is 1.21 bits per heavy atom. The molecule has 0 radical (unpaired) electrons. The highest BCUT2D eigenvalue weighted by Crippen LogP contribution is 2.23. The first-order valence-electron chi connectivity index (χ1n) is 9.12. The maximum atomic E-state index is 12.3. The summed E-state index contributed by atoms with van der Waals surface area (Å²) in [7, 11) is 0. The normalized spacial score (nSPS) is 10.7. The van der Waals surface area contributed by atoms with E-state index in [9.17, 15) is 4.79 Å². The fraction of sp³-hybridized carbons (Fsp3) is 0.300. The number of tetrazole rings is 1. The summed E-state index contributed by atoms with van der Waals surface area (Å²) in [6, 6.07) is 13.2. The fourth-order valence-electron chi connectivity index (χ4n) is 2.50. The summed E-state index contributed by atoms with van der Waals surface area (Å²) >= 11 is 3.45. The Labute approximate surface area is 172 Å². The highest BCUT2D eigenvalue weighted by Gasteiger charge is 2.11. The van der Waals surface area contributed by atoms with Crippen molar-refractivity contribution in [1.82, 2.24) is 20.2 Å². The number of hydrogen-bond donors (Lipinski definition) is 1. The van der Waals surface area contributed by atoms with Crippen molar-refractivity contribution in [1.29, 1.82) is 0 Å². The van der Waals surface area contributed by atoms with Crippen LogP contribution < -0.4 is 10.1 Å². The lowest BCUT2D eigenvalue weighted by Gasteiger charge is -2.07. The molecule has 0 fully saturated rings. The lowest BCUT2D eigenvalue weighted by Crippen LogP contribution is -2.20. The number of nitrogens with one attached hydrogen (secondary N) is 1. The van der Waals surface area contributed by atoms with Crippen molar-refractivity contribution in [2.75, 3.05) is 11.9 Å². The zero-order valence-corrected chi connectivity index (χ0v) is 17.4. The van der Waals surface area contributed by atoms with Crippen LogP contribution in [0.1, 0.15) is 25.3 Å². The Morgan fingerprint density at radius 2 is 2.00 bits per heavy atom. The molecule has 28 heavy (non-hydrogen) atoms. The van der Waals surface area contributed by atoms with E-state index >= 15 is 0 Å². The third-order valence-electron chi connectivity index (χ3n) is 4.02. The van der Waals surface area contributed by atoms with Gasteiger partial charge in [-0.15, -0.1) is 10.2 Å². The van der Waals surface area contributed by atoms with Gasteiger partial charge < -0.3 is 10.1 Å². The largest absolute Gasteiger partial charge is 0.494 e. The minimum absolute atomic E-state index is 0.0223. The van der Waals surface area contributed by atoms with Crippen LogP contribution >= 0.6 is 15.9 Å². The van der Waals surface area contributed by atoms with Crippen LogP contribution in [0.4, 0.5) is 5.69 Å². The van der Waals surface area contributed by atoms with Gasteiger partial charge in [-0.25, -0.2) is 0 Å². The van der Waals surface area contributed by atoms with Gasteiger partial charge in [-0.3, -0.25) is 4.79 Å². The molecule has 0 atom stereocenters. The van der Waals surface area contributed by atoms with Crippen molar-refractivity contribution in [3.63, 3.8) is 0 Å². The van der Waals surface area contributed by atoms with Crippen molar-refractivity contribution in [2.24, 2.45) is 0 Å². The molecule has 7 nitrogen and oxygen atoms in total. The molecule has 3 aromatic rings. The second-order valence-corrected chi connectivity index (χ2v) is 7.26. The molecule has 146 valence electrons. The summed E-state index contributed by atoms with van der Waals surface area (Å²) in [5.41, 5.74) is 2.62. The Morgan fingerprint density at radius 3 is 2.71 bits per heavy atom. The summed E-state index contributed by atoms with van der Waals surface area (Å²) in [5.74, 6) is 1.05. The van der Waals surface area contributed by atoms with Crippen LogP contribution in [0, 0.1) is 6.92 Å². The quantitative estimate of drug-likeness (QED) is 0.526. The molecule has 0 bridgehead atoms. The lowest BCUT2D eigenvalue weighted by atomic mass is 10.2. The average Bonchev–Trinajstić information content (AvgIpc) is 3.13. The van der Waals surface area contributed by atoms with Crippen LogP contribution in [-0.4, -0.2) is 32.7 Å². The van der Waals surface area contributed by atoms with E-state index in [4.69, 9.17) is 4.74 Å². The molecule has 0 spiro atoms. The molecule has 1 N–H and O–H groups in total. The zero-order valence-electron chi connectivity index (χ0n) is 15.9. The topological polar surface area (TPSA) is 81.9 Å². The van der Waals surface area contributed by atoms with Crippen LogP contribution in [0.3, 0.4) is 0 Å². The predicted octanol–water partition coefficient (Wildman–Crippen LogP) is 4.23. The van der Waals surface area contributed by atoms with Gasteiger partial charge in [0.05, 0.1) is 12.3 Å². The smallest absolute Gasteiger partial charge is 0.248 e.